The molecule has 1 aromatic carbocycles. The number of pyridine rings is 1. The first-order valence-corrected chi connectivity index (χ1v) is 9.87. The van der Waals surface area contributed by atoms with Gasteiger partial charge < -0.3 is 10.1 Å². The van der Waals surface area contributed by atoms with Crippen LogP contribution in [0, 0.1) is 0 Å². The monoisotopic (exact) mass is 400 g/mol. The van der Waals surface area contributed by atoms with Gasteiger partial charge >= 0.3 is 0 Å². The van der Waals surface area contributed by atoms with Crippen molar-refractivity contribution in [2.75, 3.05) is 18.5 Å². The molecule has 0 bridgehead atoms. The lowest BCUT2D eigenvalue weighted by Gasteiger charge is -2.19. The summed E-state index contributed by atoms with van der Waals surface area (Å²) in [5.41, 5.74) is 2.11. The Balaban J connectivity index is 0.000000872. The molecule has 1 aliphatic rings. The average Bonchev–Trinajstić information content (AvgIpc) is 3.11. The first-order valence-electron chi connectivity index (χ1n) is 8.68. The summed E-state index contributed by atoms with van der Waals surface area (Å²) in [6, 6.07) is 7.08. The molecule has 0 radical (unpaired) electrons. The molecule has 6 nitrogen and oxygen atoms in total. The third kappa shape index (κ3) is 2.93. The van der Waals surface area contributed by atoms with Gasteiger partial charge in [-0.3, -0.25) is 9.36 Å². The minimum Gasteiger partial charge on any atom is -0.488 e. The lowest BCUT2D eigenvalue weighted by Crippen LogP contribution is -2.19. The van der Waals surface area contributed by atoms with Crippen LogP contribution in [0.3, 0.4) is 0 Å². The van der Waals surface area contributed by atoms with E-state index in [-0.39, 0.29) is 5.56 Å². The molecule has 0 saturated carbocycles. The van der Waals surface area contributed by atoms with Gasteiger partial charge in [-0.2, -0.15) is 0 Å². The molecule has 1 N–H and O–H groups in total. The first-order chi connectivity index (χ1) is 13.2. The van der Waals surface area contributed by atoms with E-state index in [9.17, 15) is 4.79 Å². The lowest BCUT2D eigenvalue weighted by atomic mass is 10.2. The molecule has 0 fully saturated rings. The Morgan fingerprint density at radius 2 is 2.00 bits per heavy atom. The normalized spacial score (nSPS) is 12.7. The van der Waals surface area contributed by atoms with Gasteiger partial charge in [-0.15, -0.1) is 11.3 Å². The van der Waals surface area contributed by atoms with Crippen LogP contribution in [0.1, 0.15) is 13.8 Å². The number of rotatable bonds is 1. The zero-order valence-corrected chi connectivity index (χ0v) is 16.4. The number of aromatic nitrogens is 3. The quantitative estimate of drug-likeness (QED) is 0.510. The number of thiophene rings is 1. The molecule has 5 rings (SSSR count). The van der Waals surface area contributed by atoms with Crippen molar-refractivity contribution in [1.29, 1.82) is 0 Å². The van der Waals surface area contributed by atoms with Gasteiger partial charge in [-0.1, -0.05) is 25.4 Å². The van der Waals surface area contributed by atoms with E-state index >= 15 is 0 Å². The SMILES string of the molecule is CC.O=c1c2sc3ncc4c(c3c2ncn1-c1ccc(Cl)cc1)NCCO4. The molecule has 0 saturated heterocycles. The van der Waals surface area contributed by atoms with Crippen LogP contribution in [0.4, 0.5) is 5.69 Å². The zero-order chi connectivity index (χ0) is 19.0. The van der Waals surface area contributed by atoms with E-state index in [1.807, 2.05) is 13.8 Å². The van der Waals surface area contributed by atoms with Crippen molar-refractivity contribution in [2.45, 2.75) is 13.8 Å². The fourth-order valence-electron chi connectivity index (χ4n) is 2.99. The number of fused-ring (bicyclic) bond motifs is 5. The van der Waals surface area contributed by atoms with Crippen molar-refractivity contribution >= 4 is 49.1 Å². The van der Waals surface area contributed by atoms with Crippen molar-refractivity contribution in [3.05, 3.63) is 52.2 Å². The van der Waals surface area contributed by atoms with Gasteiger partial charge in [0.05, 0.1) is 23.0 Å². The van der Waals surface area contributed by atoms with Crippen LogP contribution >= 0.6 is 22.9 Å². The maximum Gasteiger partial charge on any atom is 0.275 e. The van der Waals surface area contributed by atoms with Crippen LogP contribution in [-0.2, 0) is 0 Å². The molecule has 4 aromatic rings. The Labute approximate surface area is 164 Å². The number of halogens is 1. The predicted octanol–water partition coefficient (Wildman–Crippen LogP) is 4.48. The summed E-state index contributed by atoms with van der Waals surface area (Å²) in [4.78, 5) is 22.7. The second-order valence-electron chi connectivity index (χ2n) is 5.63. The highest BCUT2D eigenvalue weighted by atomic mass is 35.5. The number of ether oxygens (including phenoxy) is 1. The van der Waals surface area contributed by atoms with Crippen LogP contribution in [0.5, 0.6) is 5.75 Å². The predicted molar refractivity (Wildman–Crippen MR) is 111 cm³/mol. The maximum atomic E-state index is 13.0. The van der Waals surface area contributed by atoms with Crippen LogP contribution in [-0.4, -0.2) is 27.7 Å². The van der Waals surface area contributed by atoms with Gasteiger partial charge in [-0.25, -0.2) is 9.97 Å². The summed E-state index contributed by atoms with van der Waals surface area (Å²) in [7, 11) is 0. The maximum absolute atomic E-state index is 13.0. The molecular formula is C19H17ClN4O2S. The number of nitrogens with zero attached hydrogens (tertiary/aromatic N) is 3. The van der Waals surface area contributed by atoms with E-state index < -0.39 is 0 Å². The standard InChI is InChI=1S/C17H11ClN4O2S.C2H6/c18-9-1-3-10(4-2-9)22-8-21-14-12-13-11(24-6-5-19-13)7-20-16(12)25-15(14)17(22)23;1-2/h1-4,7-8,19H,5-6H2;1-2H3. The second kappa shape index (κ2) is 7.17. The molecule has 0 unspecified atom stereocenters. The van der Waals surface area contributed by atoms with Gasteiger partial charge in [0.25, 0.3) is 5.56 Å². The van der Waals surface area contributed by atoms with Gasteiger partial charge in [-0.05, 0) is 24.3 Å². The number of hydrogen-bond acceptors (Lipinski definition) is 6. The van der Waals surface area contributed by atoms with Crippen LogP contribution in [0.2, 0.25) is 5.02 Å². The highest BCUT2D eigenvalue weighted by molar-refractivity contribution is 7.25. The molecule has 8 heteroatoms. The molecule has 0 spiro atoms. The average molecular weight is 401 g/mol. The van der Waals surface area contributed by atoms with E-state index in [1.54, 1.807) is 36.8 Å². The molecule has 0 atom stereocenters. The highest BCUT2D eigenvalue weighted by Crippen LogP contribution is 2.40. The fraction of sp³-hybridized carbons (Fsp3) is 0.211. The number of hydrogen-bond donors (Lipinski definition) is 1. The molecule has 27 heavy (non-hydrogen) atoms. The summed E-state index contributed by atoms with van der Waals surface area (Å²) in [6.07, 6.45) is 3.24. The third-order valence-corrected chi connectivity index (χ3v) is 5.47. The van der Waals surface area contributed by atoms with E-state index in [0.717, 1.165) is 21.6 Å². The molecule has 3 aromatic heterocycles. The van der Waals surface area contributed by atoms with E-state index in [4.69, 9.17) is 16.3 Å². The van der Waals surface area contributed by atoms with Crippen molar-refractivity contribution in [3.8, 4) is 11.4 Å². The van der Waals surface area contributed by atoms with E-state index in [0.29, 0.717) is 34.1 Å². The minimum atomic E-state index is -0.124. The summed E-state index contributed by atoms with van der Waals surface area (Å²) in [6.45, 7) is 5.31. The van der Waals surface area contributed by atoms with Gasteiger partial charge in [0.1, 0.15) is 28.0 Å². The van der Waals surface area contributed by atoms with E-state index in [2.05, 4.69) is 15.3 Å². The lowest BCUT2D eigenvalue weighted by molar-refractivity contribution is 0.323. The molecule has 4 heterocycles. The Hall–Kier alpha value is -2.64. The van der Waals surface area contributed by atoms with Crippen LogP contribution in [0.25, 0.3) is 26.1 Å². The largest absolute Gasteiger partial charge is 0.488 e. The first kappa shape index (κ1) is 17.8. The molecule has 0 amide bonds. The Morgan fingerprint density at radius 3 is 2.78 bits per heavy atom. The summed E-state index contributed by atoms with van der Waals surface area (Å²) in [5, 5.41) is 4.80. The second-order valence-corrected chi connectivity index (χ2v) is 7.06. The van der Waals surface area contributed by atoms with Crippen molar-refractivity contribution < 1.29 is 4.74 Å². The van der Waals surface area contributed by atoms with Crippen molar-refractivity contribution in [3.63, 3.8) is 0 Å². The Bertz CT molecular complexity index is 1180. The highest BCUT2D eigenvalue weighted by Gasteiger charge is 2.21. The zero-order valence-electron chi connectivity index (χ0n) is 14.8. The van der Waals surface area contributed by atoms with Gasteiger partial charge in [0, 0.05) is 11.6 Å². The summed E-state index contributed by atoms with van der Waals surface area (Å²) < 4.78 is 7.73. The molecule has 0 aliphatic carbocycles. The van der Waals surface area contributed by atoms with Crippen molar-refractivity contribution in [2.24, 2.45) is 0 Å². The van der Waals surface area contributed by atoms with Crippen LogP contribution in [0.15, 0.2) is 41.6 Å². The number of benzene rings is 1. The van der Waals surface area contributed by atoms with E-state index in [1.165, 1.54) is 15.9 Å². The van der Waals surface area contributed by atoms with Crippen LogP contribution < -0.4 is 15.6 Å². The van der Waals surface area contributed by atoms with Gasteiger partial charge in [0.15, 0.2) is 5.75 Å². The van der Waals surface area contributed by atoms with Crippen molar-refractivity contribution in [1.82, 2.24) is 14.5 Å². The number of anilines is 1. The summed E-state index contributed by atoms with van der Waals surface area (Å²) >= 11 is 7.27. The molecular weight excluding hydrogens is 384 g/mol. The Morgan fingerprint density at radius 1 is 1.22 bits per heavy atom. The topological polar surface area (TPSA) is 69.0 Å². The molecule has 1 aliphatic heterocycles. The fourth-order valence-corrected chi connectivity index (χ4v) is 4.15. The van der Waals surface area contributed by atoms with Gasteiger partial charge in [0.2, 0.25) is 0 Å². The molecule has 138 valence electrons. The Kier molecular flexibility index (Phi) is 4.72. The summed E-state index contributed by atoms with van der Waals surface area (Å²) in [5.74, 6) is 0.696. The number of nitrogens with one attached hydrogen (secondary N) is 1. The smallest absolute Gasteiger partial charge is 0.275 e. The minimum absolute atomic E-state index is 0.124. The third-order valence-electron chi connectivity index (χ3n) is 4.14.